The van der Waals surface area contributed by atoms with Crippen molar-refractivity contribution >= 4 is 17.9 Å². The van der Waals surface area contributed by atoms with Crippen LogP contribution in [0.3, 0.4) is 0 Å². The van der Waals surface area contributed by atoms with Crippen LogP contribution in [0.5, 0.6) is 0 Å². The van der Waals surface area contributed by atoms with Crippen LogP contribution in [0, 0.1) is 5.92 Å². The molecule has 1 saturated carbocycles. The van der Waals surface area contributed by atoms with Gasteiger partial charge in [0.25, 0.3) is 0 Å². The Morgan fingerprint density at radius 3 is 2.30 bits per heavy atom. The van der Waals surface area contributed by atoms with E-state index in [9.17, 15) is 14.4 Å². The number of carbonyl (C=O) groups excluding carboxylic acids is 3. The number of piperazine rings is 1. The van der Waals surface area contributed by atoms with E-state index in [2.05, 4.69) is 5.32 Å². The maximum absolute atomic E-state index is 12.7. The van der Waals surface area contributed by atoms with Gasteiger partial charge in [-0.2, -0.15) is 0 Å². The zero-order chi connectivity index (χ0) is 19.2. The molecule has 3 rings (SSSR count). The second-order valence-corrected chi connectivity index (χ2v) is 7.01. The average Bonchev–Trinajstić information content (AvgIpc) is 3.52. The predicted molar refractivity (Wildman–Crippen MR) is 100 cm³/mol. The summed E-state index contributed by atoms with van der Waals surface area (Å²) in [6, 6.07) is 9.75. The first kappa shape index (κ1) is 19.2. The number of hydrogen-bond donors (Lipinski definition) is 1. The van der Waals surface area contributed by atoms with Gasteiger partial charge in [-0.05, 0) is 31.2 Å². The molecule has 0 radical (unpaired) electrons. The fraction of sp³-hybridized carbons (Fsp3) is 0.550. The smallest absolute Gasteiger partial charge is 0.409 e. The second-order valence-electron chi connectivity index (χ2n) is 7.01. The molecule has 1 unspecified atom stereocenters. The molecule has 1 aromatic rings. The number of carbonyl (C=O) groups is 3. The summed E-state index contributed by atoms with van der Waals surface area (Å²) in [7, 11) is 0. The minimum absolute atomic E-state index is 0.00566. The van der Waals surface area contributed by atoms with Gasteiger partial charge in [-0.3, -0.25) is 9.59 Å². The molecule has 0 bridgehead atoms. The van der Waals surface area contributed by atoms with Gasteiger partial charge < -0.3 is 19.9 Å². The fourth-order valence-corrected chi connectivity index (χ4v) is 3.47. The number of nitrogens with zero attached hydrogens (tertiary/aromatic N) is 2. The van der Waals surface area contributed by atoms with Crippen molar-refractivity contribution in [2.24, 2.45) is 5.92 Å². The molecule has 3 amide bonds. The van der Waals surface area contributed by atoms with Crippen molar-refractivity contribution < 1.29 is 19.1 Å². The van der Waals surface area contributed by atoms with Crippen LogP contribution >= 0.6 is 0 Å². The van der Waals surface area contributed by atoms with E-state index in [-0.39, 0.29) is 30.4 Å². The van der Waals surface area contributed by atoms with Crippen molar-refractivity contribution in [2.75, 3.05) is 39.3 Å². The number of rotatable bonds is 6. The van der Waals surface area contributed by atoms with Crippen LogP contribution in [0.4, 0.5) is 4.79 Å². The van der Waals surface area contributed by atoms with Crippen LogP contribution in [-0.2, 0) is 14.3 Å². The molecule has 2 fully saturated rings. The van der Waals surface area contributed by atoms with E-state index in [4.69, 9.17) is 4.74 Å². The van der Waals surface area contributed by atoms with Gasteiger partial charge in [-0.15, -0.1) is 0 Å². The van der Waals surface area contributed by atoms with Gasteiger partial charge in [-0.25, -0.2) is 4.79 Å². The highest BCUT2D eigenvalue weighted by atomic mass is 16.6. The summed E-state index contributed by atoms with van der Waals surface area (Å²) in [5, 5.41) is 2.82. The summed E-state index contributed by atoms with van der Waals surface area (Å²) in [5.41, 5.74) is 1.01. The SMILES string of the molecule is CCOC(=O)N1CCN(C(=O)CNC(=O)C(c2ccccc2)C2CC2)CC1. The van der Waals surface area contributed by atoms with Gasteiger partial charge in [-0.1, -0.05) is 30.3 Å². The Balaban J connectivity index is 1.47. The highest BCUT2D eigenvalue weighted by molar-refractivity contribution is 5.89. The van der Waals surface area contributed by atoms with E-state index in [0.717, 1.165) is 18.4 Å². The summed E-state index contributed by atoms with van der Waals surface area (Å²) in [5.74, 6) is -0.00744. The quantitative estimate of drug-likeness (QED) is 0.821. The Labute approximate surface area is 159 Å². The third-order valence-electron chi connectivity index (χ3n) is 5.11. The molecule has 7 heteroatoms. The van der Waals surface area contributed by atoms with Crippen molar-refractivity contribution in [3.63, 3.8) is 0 Å². The molecule has 1 aliphatic carbocycles. The lowest BCUT2D eigenvalue weighted by Gasteiger charge is -2.34. The van der Waals surface area contributed by atoms with E-state index in [1.165, 1.54) is 0 Å². The van der Waals surface area contributed by atoms with Gasteiger partial charge >= 0.3 is 6.09 Å². The predicted octanol–water partition coefficient (Wildman–Crippen LogP) is 1.60. The highest BCUT2D eigenvalue weighted by Gasteiger charge is 2.37. The lowest BCUT2D eigenvalue weighted by molar-refractivity contribution is -0.134. The van der Waals surface area contributed by atoms with Crippen molar-refractivity contribution in [3.05, 3.63) is 35.9 Å². The van der Waals surface area contributed by atoms with Crippen LogP contribution in [0.15, 0.2) is 30.3 Å². The van der Waals surface area contributed by atoms with Crippen LogP contribution in [0.2, 0.25) is 0 Å². The molecule has 146 valence electrons. The van der Waals surface area contributed by atoms with Crippen LogP contribution in [0.1, 0.15) is 31.2 Å². The topological polar surface area (TPSA) is 79.0 Å². The average molecular weight is 373 g/mol. The Kier molecular flexibility index (Phi) is 6.32. The Hall–Kier alpha value is -2.57. The van der Waals surface area contributed by atoms with E-state index in [0.29, 0.717) is 38.7 Å². The van der Waals surface area contributed by atoms with Crippen molar-refractivity contribution in [3.8, 4) is 0 Å². The number of hydrogen-bond acceptors (Lipinski definition) is 4. The molecule has 1 aliphatic heterocycles. The van der Waals surface area contributed by atoms with E-state index >= 15 is 0 Å². The second kappa shape index (κ2) is 8.88. The van der Waals surface area contributed by atoms with Gasteiger partial charge in [0.15, 0.2) is 0 Å². The number of benzene rings is 1. The largest absolute Gasteiger partial charge is 0.450 e. The van der Waals surface area contributed by atoms with E-state index < -0.39 is 0 Å². The molecule has 2 aliphatic rings. The summed E-state index contributed by atoms with van der Waals surface area (Å²) >= 11 is 0. The lowest BCUT2D eigenvalue weighted by atomic mass is 9.93. The minimum atomic E-state index is -0.340. The van der Waals surface area contributed by atoms with E-state index in [1.807, 2.05) is 30.3 Å². The molecule has 1 saturated heterocycles. The third kappa shape index (κ3) is 4.99. The van der Waals surface area contributed by atoms with Gasteiger partial charge in [0.05, 0.1) is 19.1 Å². The number of ether oxygens (including phenoxy) is 1. The van der Waals surface area contributed by atoms with Gasteiger partial charge in [0.1, 0.15) is 0 Å². The van der Waals surface area contributed by atoms with Crippen LogP contribution in [0.25, 0.3) is 0 Å². The summed E-state index contributed by atoms with van der Waals surface area (Å²) < 4.78 is 4.98. The van der Waals surface area contributed by atoms with Crippen molar-refractivity contribution in [2.45, 2.75) is 25.7 Å². The molecule has 1 N–H and O–H groups in total. The van der Waals surface area contributed by atoms with Gasteiger partial charge in [0.2, 0.25) is 11.8 Å². The van der Waals surface area contributed by atoms with Crippen molar-refractivity contribution in [1.29, 1.82) is 0 Å². The number of amides is 3. The standard InChI is InChI=1S/C20H27N3O4/c1-2-27-20(26)23-12-10-22(11-13-23)17(24)14-21-19(25)18(16-8-9-16)15-6-4-3-5-7-15/h3-7,16,18H,2,8-14H2,1H3,(H,21,25). The minimum Gasteiger partial charge on any atom is -0.450 e. The summed E-state index contributed by atoms with van der Waals surface area (Å²) in [6.45, 7) is 3.92. The molecule has 1 aromatic carbocycles. The maximum atomic E-state index is 12.7. The molecule has 0 spiro atoms. The van der Waals surface area contributed by atoms with E-state index in [1.54, 1.807) is 16.7 Å². The van der Waals surface area contributed by atoms with Crippen LogP contribution in [-0.4, -0.2) is 67.0 Å². The molecule has 1 heterocycles. The molecule has 0 aromatic heterocycles. The fourth-order valence-electron chi connectivity index (χ4n) is 3.47. The monoisotopic (exact) mass is 373 g/mol. The zero-order valence-corrected chi connectivity index (χ0v) is 15.7. The molecule has 1 atom stereocenters. The first-order chi connectivity index (χ1) is 13.1. The third-order valence-corrected chi connectivity index (χ3v) is 5.11. The molecule has 27 heavy (non-hydrogen) atoms. The number of nitrogens with one attached hydrogen (secondary N) is 1. The highest BCUT2D eigenvalue weighted by Crippen LogP contribution is 2.42. The van der Waals surface area contributed by atoms with Crippen LogP contribution < -0.4 is 5.32 Å². The van der Waals surface area contributed by atoms with Gasteiger partial charge in [0, 0.05) is 26.2 Å². The Morgan fingerprint density at radius 2 is 1.70 bits per heavy atom. The molecular formula is C20H27N3O4. The first-order valence-electron chi connectivity index (χ1n) is 9.62. The lowest BCUT2D eigenvalue weighted by Crippen LogP contribution is -2.53. The molecular weight excluding hydrogens is 346 g/mol. The maximum Gasteiger partial charge on any atom is 0.409 e. The van der Waals surface area contributed by atoms with Crippen molar-refractivity contribution in [1.82, 2.24) is 15.1 Å². The summed E-state index contributed by atoms with van der Waals surface area (Å²) in [4.78, 5) is 40.1. The normalized spacial score (nSPS) is 18.0. The molecule has 7 nitrogen and oxygen atoms in total. The Morgan fingerprint density at radius 1 is 1.07 bits per heavy atom. The Bertz CT molecular complexity index is 667. The summed E-state index contributed by atoms with van der Waals surface area (Å²) in [6.07, 6.45) is 1.76. The zero-order valence-electron chi connectivity index (χ0n) is 15.7. The first-order valence-corrected chi connectivity index (χ1v) is 9.62.